The van der Waals surface area contributed by atoms with Crippen LogP contribution in [0.4, 0.5) is 0 Å². The molecule has 0 aliphatic rings. The van der Waals surface area contributed by atoms with E-state index in [4.69, 9.17) is 0 Å². The number of likely N-dealkylation sites (N-methyl/N-ethyl adjacent to an activating group) is 1. The summed E-state index contributed by atoms with van der Waals surface area (Å²) < 4.78 is 0. The fourth-order valence-electron chi connectivity index (χ4n) is 2.12. The third kappa shape index (κ3) is 5.16. The summed E-state index contributed by atoms with van der Waals surface area (Å²) in [7, 11) is 1.91. The molecule has 1 atom stereocenters. The third-order valence-electron chi connectivity index (χ3n) is 4.08. The maximum absolute atomic E-state index is 12.1. The number of rotatable bonds is 7. The Labute approximate surface area is 134 Å². The van der Waals surface area contributed by atoms with Crippen molar-refractivity contribution in [2.24, 2.45) is 5.92 Å². The minimum absolute atomic E-state index is 0.0633. The number of nitrogens with one attached hydrogen (secondary N) is 1. The van der Waals surface area contributed by atoms with Gasteiger partial charge in [-0.1, -0.05) is 45.0 Å². The number of carbonyl (C=O) groups excluding carboxylic acids is 1. The molecule has 1 aromatic rings. The molecule has 4 heteroatoms. The molecule has 4 nitrogen and oxygen atoms in total. The molecule has 0 heterocycles. The molecule has 1 amide bonds. The van der Waals surface area contributed by atoms with E-state index in [0.717, 1.165) is 6.42 Å². The highest BCUT2D eigenvalue weighted by molar-refractivity contribution is 5.79. The van der Waals surface area contributed by atoms with Crippen molar-refractivity contribution in [2.75, 3.05) is 13.6 Å². The van der Waals surface area contributed by atoms with Crippen molar-refractivity contribution in [1.29, 1.82) is 5.26 Å². The highest BCUT2D eigenvalue weighted by atomic mass is 16.2. The molecule has 0 saturated heterocycles. The van der Waals surface area contributed by atoms with Crippen molar-refractivity contribution in [3.63, 3.8) is 0 Å². The Bertz CT molecular complexity index is 530. The van der Waals surface area contributed by atoms with Gasteiger partial charge in [-0.25, -0.2) is 0 Å². The monoisotopic (exact) mass is 301 g/mol. The van der Waals surface area contributed by atoms with Crippen molar-refractivity contribution in [2.45, 2.75) is 46.2 Å². The summed E-state index contributed by atoms with van der Waals surface area (Å²) in [5.41, 5.74) is 1.67. The first-order chi connectivity index (χ1) is 10.3. The van der Waals surface area contributed by atoms with Crippen LogP contribution in [0.1, 0.15) is 38.8 Å². The lowest BCUT2D eigenvalue weighted by Crippen LogP contribution is -2.51. The molecular weight excluding hydrogens is 274 g/mol. The first-order valence-corrected chi connectivity index (χ1v) is 7.79. The van der Waals surface area contributed by atoms with Gasteiger partial charge in [0.1, 0.15) is 5.54 Å². The largest absolute Gasteiger partial charge is 0.337 e. The van der Waals surface area contributed by atoms with Crippen LogP contribution in [0, 0.1) is 17.2 Å². The predicted octanol–water partition coefficient (Wildman–Crippen LogP) is 2.74. The van der Waals surface area contributed by atoms with E-state index in [-0.39, 0.29) is 18.4 Å². The van der Waals surface area contributed by atoms with Gasteiger partial charge in [0, 0.05) is 6.54 Å². The summed E-state index contributed by atoms with van der Waals surface area (Å²) >= 11 is 0. The topological polar surface area (TPSA) is 56.1 Å². The molecule has 120 valence electrons. The normalized spacial score (nSPS) is 13.7. The van der Waals surface area contributed by atoms with Gasteiger partial charge < -0.3 is 5.32 Å². The molecular formula is C18H27N3O. The first kappa shape index (κ1) is 18.2. The van der Waals surface area contributed by atoms with Crippen molar-refractivity contribution >= 4 is 5.91 Å². The second-order valence-electron chi connectivity index (χ2n) is 6.36. The van der Waals surface area contributed by atoms with Gasteiger partial charge in [-0.3, -0.25) is 9.69 Å². The molecule has 0 saturated carbocycles. The van der Waals surface area contributed by atoms with Gasteiger partial charge >= 0.3 is 0 Å². The van der Waals surface area contributed by atoms with Crippen molar-refractivity contribution < 1.29 is 4.79 Å². The van der Waals surface area contributed by atoms with Crippen LogP contribution in [0.5, 0.6) is 0 Å². The third-order valence-corrected chi connectivity index (χ3v) is 4.08. The maximum atomic E-state index is 12.1. The summed E-state index contributed by atoms with van der Waals surface area (Å²) in [5, 5.41) is 12.1. The number of aryl methyl sites for hydroxylation is 1. The van der Waals surface area contributed by atoms with Gasteiger partial charge in [0.2, 0.25) is 5.91 Å². The van der Waals surface area contributed by atoms with Crippen molar-refractivity contribution in [3.05, 3.63) is 35.4 Å². The van der Waals surface area contributed by atoms with Crippen molar-refractivity contribution in [1.82, 2.24) is 10.2 Å². The molecule has 0 spiro atoms. The van der Waals surface area contributed by atoms with Gasteiger partial charge in [-0.05, 0) is 37.4 Å². The zero-order chi connectivity index (χ0) is 16.8. The molecule has 0 unspecified atom stereocenters. The number of nitrogens with zero attached hydrogens (tertiary/aromatic N) is 2. The fourth-order valence-corrected chi connectivity index (χ4v) is 2.12. The van der Waals surface area contributed by atoms with E-state index in [1.165, 1.54) is 11.1 Å². The lowest BCUT2D eigenvalue weighted by molar-refractivity contribution is -0.123. The van der Waals surface area contributed by atoms with Crippen LogP contribution >= 0.6 is 0 Å². The van der Waals surface area contributed by atoms with E-state index in [2.05, 4.69) is 42.6 Å². The second-order valence-corrected chi connectivity index (χ2v) is 6.36. The number of amides is 1. The standard InChI is InChI=1S/C18H27N3O/c1-6-15-7-9-16(10-8-15)11-21(5)12-17(22)20-18(4,13-19)14(2)3/h7-10,14H,6,11-12H2,1-5H3,(H,20,22)/t18-/m1/s1. The van der Waals surface area contributed by atoms with Crippen LogP contribution in [0.15, 0.2) is 24.3 Å². The average Bonchev–Trinajstić information content (AvgIpc) is 2.47. The highest BCUT2D eigenvalue weighted by Crippen LogP contribution is 2.15. The molecule has 0 aromatic heterocycles. The Kier molecular flexibility index (Phi) is 6.58. The predicted molar refractivity (Wildman–Crippen MR) is 89.2 cm³/mol. The van der Waals surface area contributed by atoms with Gasteiger partial charge in [-0.2, -0.15) is 5.26 Å². The Morgan fingerprint density at radius 1 is 1.32 bits per heavy atom. The van der Waals surface area contributed by atoms with Gasteiger partial charge in [0.25, 0.3) is 0 Å². The van der Waals surface area contributed by atoms with Gasteiger partial charge in [0.15, 0.2) is 0 Å². The molecule has 22 heavy (non-hydrogen) atoms. The van der Waals surface area contributed by atoms with Crippen LogP contribution in [-0.4, -0.2) is 29.9 Å². The van der Waals surface area contributed by atoms with Gasteiger partial charge in [-0.15, -0.1) is 0 Å². The molecule has 0 bridgehead atoms. The first-order valence-electron chi connectivity index (χ1n) is 7.79. The van der Waals surface area contributed by atoms with E-state index < -0.39 is 5.54 Å². The Morgan fingerprint density at radius 3 is 2.32 bits per heavy atom. The minimum atomic E-state index is -0.819. The van der Waals surface area contributed by atoms with Crippen LogP contribution in [-0.2, 0) is 17.8 Å². The van der Waals surface area contributed by atoms with Crippen LogP contribution in [0.3, 0.4) is 0 Å². The van der Waals surface area contributed by atoms with Crippen molar-refractivity contribution in [3.8, 4) is 6.07 Å². The number of hydrogen-bond donors (Lipinski definition) is 1. The smallest absolute Gasteiger partial charge is 0.235 e. The number of nitriles is 1. The van der Waals surface area contributed by atoms with E-state index in [1.54, 1.807) is 6.92 Å². The molecule has 1 N–H and O–H groups in total. The van der Waals surface area contributed by atoms with E-state index in [0.29, 0.717) is 6.54 Å². The van der Waals surface area contributed by atoms with Crippen LogP contribution in [0.25, 0.3) is 0 Å². The summed E-state index contributed by atoms with van der Waals surface area (Å²) in [5.74, 6) is -0.0567. The minimum Gasteiger partial charge on any atom is -0.337 e. The molecule has 0 aliphatic heterocycles. The summed E-state index contributed by atoms with van der Waals surface area (Å²) in [6.07, 6.45) is 1.03. The SMILES string of the molecule is CCc1ccc(CN(C)CC(=O)N[C@](C)(C#N)C(C)C)cc1. The summed E-state index contributed by atoms with van der Waals surface area (Å²) in [6, 6.07) is 10.6. The lowest BCUT2D eigenvalue weighted by atomic mass is 9.90. The number of benzene rings is 1. The Hall–Kier alpha value is -1.86. The zero-order valence-electron chi connectivity index (χ0n) is 14.3. The number of hydrogen-bond acceptors (Lipinski definition) is 3. The average molecular weight is 301 g/mol. The highest BCUT2D eigenvalue weighted by Gasteiger charge is 2.30. The van der Waals surface area contributed by atoms with E-state index in [1.807, 2.05) is 25.8 Å². The number of carbonyl (C=O) groups is 1. The zero-order valence-corrected chi connectivity index (χ0v) is 14.3. The fraction of sp³-hybridized carbons (Fsp3) is 0.556. The Balaban J connectivity index is 2.55. The van der Waals surface area contributed by atoms with Gasteiger partial charge in [0.05, 0.1) is 12.6 Å². The molecule has 1 rings (SSSR count). The van der Waals surface area contributed by atoms with Crippen LogP contribution < -0.4 is 5.32 Å². The lowest BCUT2D eigenvalue weighted by Gasteiger charge is -2.28. The second kappa shape index (κ2) is 7.95. The maximum Gasteiger partial charge on any atom is 0.235 e. The summed E-state index contributed by atoms with van der Waals surface area (Å²) in [6.45, 7) is 8.75. The molecule has 0 aliphatic carbocycles. The van der Waals surface area contributed by atoms with Crippen LogP contribution in [0.2, 0.25) is 0 Å². The Morgan fingerprint density at radius 2 is 1.86 bits per heavy atom. The molecule has 1 aromatic carbocycles. The molecule has 0 fully saturated rings. The molecule has 0 radical (unpaired) electrons. The quantitative estimate of drug-likeness (QED) is 0.842. The van der Waals surface area contributed by atoms with E-state index in [9.17, 15) is 10.1 Å². The summed E-state index contributed by atoms with van der Waals surface area (Å²) in [4.78, 5) is 14.1. The van der Waals surface area contributed by atoms with E-state index >= 15 is 0 Å².